The molecule has 2 N–H and O–H groups in total. The van der Waals surface area contributed by atoms with Gasteiger partial charge in [-0.25, -0.2) is 4.79 Å². The first-order chi connectivity index (χ1) is 16.6. The number of benzene rings is 1. The summed E-state index contributed by atoms with van der Waals surface area (Å²) in [6, 6.07) is 6.90. The lowest BCUT2D eigenvalue weighted by molar-refractivity contribution is -0.149. The largest absolute Gasteiger partial charge is 0.466 e. The normalized spacial score (nSPS) is 35.5. The highest BCUT2D eigenvalue weighted by Gasteiger charge is 2.60. The Bertz CT molecular complexity index is 988. The topological polar surface area (TPSA) is 87.7 Å². The molecule has 1 aromatic rings. The van der Waals surface area contributed by atoms with Crippen LogP contribution in [0, 0.1) is 22.7 Å². The van der Waals surface area contributed by atoms with Crippen molar-refractivity contribution in [2.75, 3.05) is 25.0 Å². The lowest BCUT2D eigenvalue weighted by Crippen LogP contribution is -2.65. The van der Waals surface area contributed by atoms with Crippen LogP contribution in [0.2, 0.25) is 0 Å². The van der Waals surface area contributed by atoms with Crippen LogP contribution in [0.1, 0.15) is 82.5 Å². The monoisotopic (exact) mass is 481 g/mol. The maximum absolute atomic E-state index is 13.0. The van der Waals surface area contributed by atoms with E-state index in [1.807, 2.05) is 0 Å². The van der Waals surface area contributed by atoms with Crippen molar-refractivity contribution < 1.29 is 19.1 Å². The Kier molecular flexibility index (Phi) is 6.09. The van der Waals surface area contributed by atoms with Gasteiger partial charge in [-0.05, 0) is 99.3 Å². The maximum atomic E-state index is 13.0. The Morgan fingerprint density at radius 3 is 2.34 bits per heavy atom. The van der Waals surface area contributed by atoms with E-state index in [1.54, 1.807) is 36.1 Å². The average molecular weight is 482 g/mol. The van der Waals surface area contributed by atoms with Crippen LogP contribution in [0.5, 0.6) is 0 Å². The average Bonchev–Trinajstić information content (AvgIpc) is 2.76. The SMILES string of the molecule is CCOC(=O)C1CCCN(C(=O)c2ccc(NC(=O)NC34CC5C[C@@](C)(C3)C[C@](C)(C5)C4)cc2)C1. The summed E-state index contributed by atoms with van der Waals surface area (Å²) in [5.74, 6) is 0.138. The minimum absolute atomic E-state index is 0.0925. The number of nitrogens with one attached hydrogen (secondary N) is 2. The molecule has 7 heteroatoms. The predicted octanol–water partition coefficient (Wildman–Crippen LogP) is 4.97. The van der Waals surface area contributed by atoms with Gasteiger partial charge in [-0.2, -0.15) is 0 Å². The van der Waals surface area contributed by atoms with Gasteiger partial charge in [-0.3, -0.25) is 9.59 Å². The van der Waals surface area contributed by atoms with Gasteiger partial charge in [0.2, 0.25) is 0 Å². The number of rotatable bonds is 5. The predicted molar refractivity (Wildman–Crippen MR) is 134 cm³/mol. The second-order valence-electron chi connectivity index (χ2n) is 12.4. The van der Waals surface area contributed by atoms with Crippen molar-refractivity contribution in [3.8, 4) is 0 Å². The van der Waals surface area contributed by atoms with Crippen LogP contribution in [0.25, 0.3) is 0 Å². The molecule has 1 saturated heterocycles. The lowest BCUT2D eigenvalue weighted by atomic mass is 9.43. The van der Waals surface area contributed by atoms with Gasteiger partial charge in [0, 0.05) is 29.9 Å². The highest BCUT2D eigenvalue weighted by molar-refractivity contribution is 5.96. The van der Waals surface area contributed by atoms with E-state index in [0.717, 1.165) is 32.1 Å². The Labute approximate surface area is 208 Å². The molecule has 0 radical (unpaired) electrons. The maximum Gasteiger partial charge on any atom is 0.319 e. The van der Waals surface area contributed by atoms with Crippen molar-refractivity contribution in [2.24, 2.45) is 22.7 Å². The van der Waals surface area contributed by atoms with Crippen LogP contribution in [0.3, 0.4) is 0 Å². The van der Waals surface area contributed by atoms with Gasteiger partial charge < -0.3 is 20.3 Å². The van der Waals surface area contributed by atoms with Gasteiger partial charge in [0.25, 0.3) is 5.91 Å². The van der Waals surface area contributed by atoms with Crippen molar-refractivity contribution in [1.82, 2.24) is 10.2 Å². The number of hydrogen-bond acceptors (Lipinski definition) is 4. The number of esters is 1. The molecule has 5 fully saturated rings. The first-order valence-corrected chi connectivity index (χ1v) is 13.3. The first-order valence-electron chi connectivity index (χ1n) is 13.3. The fourth-order valence-electron chi connectivity index (χ4n) is 8.48. The summed E-state index contributed by atoms with van der Waals surface area (Å²) in [6.07, 6.45) is 8.61. The summed E-state index contributed by atoms with van der Waals surface area (Å²) >= 11 is 0. The second-order valence-corrected chi connectivity index (χ2v) is 12.4. The van der Waals surface area contributed by atoms with Gasteiger partial charge in [0.05, 0.1) is 12.5 Å². The number of urea groups is 1. The van der Waals surface area contributed by atoms with E-state index in [-0.39, 0.29) is 29.4 Å². The molecule has 0 aromatic heterocycles. The Balaban J connectivity index is 1.19. The number of amides is 3. The third kappa shape index (κ3) is 4.91. The van der Waals surface area contributed by atoms with E-state index in [2.05, 4.69) is 24.5 Å². The van der Waals surface area contributed by atoms with Crippen LogP contribution in [0.4, 0.5) is 10.5 Å². The van der Waals surface area contributed by atoms with E-state index >= 15 is 0 Å². The van der Waals surface area contributed by atoms with Crippen LogP contribution in [0.15, 0.2) is 24.3 Å². The molecule has 4 aliphatic carbocycles. The molecule has 3 amide bonds. The van der Waals surface area contributed by atoms with Crippen molar-refractivity contribution >= 4 is 23.6 Å². The molecule has 0 spiro atoms. The second kappa shape index (κ2) is 8.82. The van der Waals surface area contributed by atoms with Crippen LogP contribution < -0.4 is 10.6 Å². The summed E-state index contributed by atoms with van der Waals surface area (Å²) in [4.78, 5) is 39.8. The molecule has 1 aliphatic heterocycles. The van der Waals surface area contributed by atoms with Crippen molar-refractivity contribution in [2.45, 2.75) is 77.7 Å². The van der Waals surface area contributed by atoms with Gasteiger partial charge in [0.1, 0.15) is 0 Å². The van der Waals surface area contributed by atoms with Gasteiger partial charge in [-0.1, -0.05) is 13.8 Å². The van der Waals surface area contributed by atoms with E-state index in [0.29, 0.717) is 47.7 Å². The summed E-state index contributed by atoms with van der Waals surface area (Å²) in [5.41, 5.74) is 1.80. The zero-order valence-corrected chi connectivity index (χ0v) is 21.3. The number of carbonyl (C=O) groups is 3. The molecule has 4 saturated carbocycles. The lowest BCUT2D eigenvalue weighted by Gasteiger charge is -2.65. The van der Waals surface area contributed by atoms with E-state index in [9.17, 15) is 14.4 Å². The summed E-state index contributed by atoms with van der Waals surface area (Å²) in [5, 5.41) is 6.36. The Morgan fingerprint density at radius 2 is 1.71 bits per heavy atom. The van der Waals surface area contributed by atoms with Crippen molar-refractivity contribution in [3.63, 3.8) is 0 Å². The number of anilines is 1. The van der Waals surface area contributed by atoms with Gasteiger partial charge in [0.15, 0.2) is 0 Å². The Morgan fingerprint density at radius 1 is 1.03 bits per heavy atom. The standard InChI is InChI=1S/C28H39N3O4/c1-4-35-24(33)21-6-5-11-31(15-21)23(32)20-7-9-22(10-8-20)29-25(34)30-28-14-19-12-26(2,17-28)16-27(3,13-19)18-28/h7-10,19,21H,4-6,11-18H2,1-3H3,(H2,29,30,34)/t19?,21?,26-,27+,28?. The van der Waals surface area contributed by atoms with Crippen molar-refractivity contribution in [1.29, 1.82) is 0 Å². The molecule has 4 bridgehead atoms. The number of hydrogen-bond donors (Lipinski definition) is 2. The molecule has 5 aliphatic rings. The van der Waals surface area contributed by atoms with E-state index < -0.39 is 0 Å². The molecule has 6 rings (SSSR count). The van der Waals surface area contributed by atoms with Crippen LogP contribution in [-0.4, -0.2) is 48.0 Å². The number of likely N-dealkylation sites (tertiary alicyclic amines) is 1. The molecule has 1 aromatic carbocycles. The summed E-state index contributed by atoms with van der Waals surface area (Å²) < 4.78 is 5.14. The van der Waals surface area contributed by atoms with E-state index in [1.165, 1.54) is 19.3 Å². The van der Waals surface area contributed by atoms with Crippen LogP contribution in [-0.2, 0) is 9.53 Å². The molecule has 3 unspecified atom stereocenters. The van der Waals surface area contributed by atoms with Crippen LogP contribution >= 0.6 is 0 Å². The highest BCUT2D eigenvalue weighted by atomic mass is 16.5. The summed E-state index contributed by atoms with van der Waals surface area (Å²) in [7, 11) is 0. The summed E-state index contributed by atoms with van der Waals surface area (Å²) in [6.45, 7) is 7.97. The van der Waals surface area contributed by atoms with Crippen molar-refractivity contribution in [3.05, 3.63) is 29.8 Å². The van der Waals surface area contributed by atoms with E-state index in [4.69, 9.17) is 4.74 Å². The zero-order valence-electron chi connectivity index (χ0n) is 21.3. The minimum atomic E-state index is -0.258. The third-order valence-corrected chi connectivity index (χ3v) is 8.72. The highest BCUT2D eigenvalue weighted by Crippen LogP contribution is 2.66. The minimum Gasteiger partial charge on any atom is -0.466 e. The Hall–Kier alpha value is -2.57. The number of carbonyl (C=O) groups excluding carboxylic acids is 3. The molecular formula is C28H39N3O4. The molecular weight excluding hydrogens is 442 g/mol. The molecule has 190 valence electrons. The third-order valence-electron chi connectivity index (χ3n) is 8.72. The number of piperidine rings is 1. The molecule has 35 heavy (non-hydrogen) atoms. The number of ether oxygens (including phenoxy) is 1. The zero-order chi connectivity index (χ0) is 24.8. The fourth-order valence-corrected chi connectivity index (χ4v) is 8.48. The molecule has 1 heterocycles. The number of nitrogens with zero attached hydrogens (tertiary/aromatic N) is 1. The quantitative estimate of drug-likeness (QED) is 0.581. The first kappa shape index (κ1) is 24.1. The molecule has 7 nitrogen and oxygen atoms in total. The smallest absolute Gasteiger partial charge is 0.319 e. The van der Waals surface area contributed by atoms with Gasteiger partial charge in [-0.15, -0.1) is 0 Å². The molecule has 5 atom stereocenters. The van der Waals surface area contributed by atoms with Gasteiger partial charge >= 0.3 is 12.0 Å². The fraction of sp³-hybridized carbons (Fsp3) is 0.679.